The number of para-hydroxylation sites is 1. The van der Waals surface area contributed by atoms with E-state index in [4.69, 9.17) is 5.41 Å². The molecule has 0 spiro atoms. The molecule has 0 radical (unpaired) electrons. The Morgan fingerprint density at radius 2 is 2.00 bits per heavy atom. The highest BCUT2D eigenvalue weighted by atomic mass is 16.1. The van der Waals surface area contributed by atoms with Gasteiger partial charge in [-0.05, 0) is 43.5 Å². The van der Waals surface area contributed by atoms with E-state index >= 15 is 0 Å². The third kappa shape index (κ3) is 5.04. The summed E-state index contributed by atoms with van der Waals surface area (Å²) < 4.78 is 0. The van der Waals surface area contributed by atoms with Gasteiger partial charge >= 0.3 is 0 Å². The minimum absolute atomic E-state index is 0.0335. The number of hydrogen-bond acceptors (Lipinski definition) is 6. The Morgan fingerprint density at radius 3 is 2.79 bits per heavy atom. The van der Waals surface area contributed by atoms with Crippen molar-refractivity contribution in [2.24, 2.45) is 5.92 Å². The molecule has 1 unspecified atom stereocenters. The number of rotatable bonds is 7. The third-order valence-corrected chi connectivity index (χ3v) is 6.78. The van der Waals surface area contributed by atoms with E-state index in [0.717, 1.165) is 91.6 Å². The van der Waals surface area contributed by atoms with Gasteiger partial charge in [-0.15, -0.1) is 0 Å². The van der Waals surface area contributed by atoms with Gasteiger partial charge in [-0.25, -0.2) is 0 Å². The molecular weight excluding hydrogens is 412 g/mol. The summed E-state index contributed by atoms with van der Waals surface area (Å²) in [7, 11) is 0. The van der Waals surface area contributed by atoms with Crippen molar-refractivity contribution in [3.63, 3.8) is 0 Å². The van der Waals surface area contributed by atoms with Gasteiger partial charge in [-0.3, -0.25) is 9.69 Å². The van der Waals surface area contributed by atoms with Gasteiger partial charge in [-0.2, -0.15) is 0 Å². The fourth-order valence-electron chi connectivity index (χ4n) is 4.79. The van der Waals surface area contributed by atoms with Crippen LogP contribution in [0.25, 0.3) is 11.1 Å². The van der Waals surface area contributed by atoms with Crippen LogP contribution in [-0.2, 0) is 4.79 Å². The minimum atomic E-state index is 0.0335. The van der Waals surface area contributed by atoms with Gasteiger partial charge in [0.2, 0.25) is 5.91 Å². The summed E-state index contributed by atoms with van der Waals surface area (Å²) in [4.78, 5) is 14.7. The van der Waals surface area contributed by atoms with E-state index < -0.39 is 0 Å². The number of anilines is 3. The molecule has 3 aliphatic rings. The van der Waals surface area contributed by atoms with Crippen LogP contribution in [0.15, 0.2) is 36.4 Å². The molecule has 0 bridgehead atoms. The summed E-state index contributed by atoms with van der Waals surface area (Å²) in [5.41, 5.74) is 6.67. The maximum Gasteiger partial charge on any atom is 0.226 e. The second kappa shape index (κ2) is 9.53. The van der Waals surface area contributed by atoms with Crippen molar-refractivity contribution in [1.82, 2.24) is 10.2 Å². The zero-order valence-corrected chi connectivity index (χ0v) is 19.3. The minimum Gasteiger partial charge on any atom is -0.383 e. The molecule has 1 saturated heterocycles. The molecule has 1 saturated carbocycles. The van der Waals surface area contributed by atoms with Crippen LogP contribution in [-0.4, -0.2) is 61.8 Å². The fraction of sp³-hybridized carbons (Fsp3) is 0.462. The van der Waals surface area contributed by atoms with Crippen LogP contribution in [0.5, 0.6) is 0 Å². The monoisotopic (exact) mass is 446 g/mol. The van der Waals surface area contributed by atoms with Crippen molar-refractivity contribution in [2.45, 2.75) is 32.2 Å². The first-order valence-electron chi connectivity index (χ1n) is 12.2. The van der Waals surface area contributed by atoms with Crippen molar-refractivity contribution < 1.29 is 4.79 Å². The molecule has 5 rings (SSSR count). The summed E-state index contributed by atoms with van der Waals surface area (Å²) in [6, 6.07) is 12.5. The van der Waals surface area contributed by atoms with E-state index in [1.54, 1.807) is 0 Å². The van der Waals surface area contributed by atoms with Crippen LogP contribution < -0.4 is 21.3 Å². The fourth-order valence-corrected chi connectivity index (χ4v) is 4.79. The van der Waals surface area contributed by atoms with Gasteiger partial charge in [0.15, 0.2) is 0 Å². The molecule has 7 nitrogen and oxygen atoms in total. The standard InChI is InChI=1S/C26H34N6O/c1-17-15-24(33)31-23-4-2-3-20(26(23)30-17)19-7-8-22(21(16-19)25(27)18-5-6-18)29-11-14-32-12-9-28-10-13-32/h2-4,7-8,16-18,27-30H,5-6,9-15H2,1H3,(H,31,33). The third-order valence-electron chi connectivity index (χ3n) is 6.78. The summed E-state index contributed by atoms with van der Waals surface area (Å²) in [5.74, 6) is 0.408. The average molecular weight is 447 g/mol. The lowest BCUT2D eigenvalue weighted by Gasteiger charge is -2.27. The number of amides is 1. The molecule has 0 aromatic heterocycles. The highest BCUT2D eigenvalue weighted by Gasteiger charge is 2.29. The zero-order valence-electron chi connectivity index (χ0n) is 19.3. The molecule has 2 aromatic carbocycles. The van der Waals surface area contributed by atoms with Gasteiger partial charge in [0.1, 0.15) is 0 Å². The Morgan fingerprint density at radius 1 is 1.18 bits per heavy atom. The first kappa shape index (κ1) is 21.9. The van der Waals surface area contributed by atoms with Crippen molar-refractivity contribution in [3.05, 3.63) is 42.0 Å². The van der Waals surface area contributed by atoms with Crippen LogP contribution in [0.3, 0.4) is 0 Å². The van der Waals surface area contributed by atoms with Gasteiger partial charge in [0, 0.05) is 80.2 Å². The van der Waals surface area contributed by atoms with Gasteiger partial charge in [0.05, 0.1) is 11.4 Å². The topological polar surface area (TPSA) is 92.3 Å². The molecule has 2 fully saturated rings. The molecule has 7 heteroatoms. The first-order chi connectivity index (χ1) is 16.1. The number of hydrogen-bond donors (Lipinski definition) is 5. The molecule has 33 heavy (non-hydrogen) atoms. The van der Waals surface area contributed by atoms with E-state index in [9.17, 15) is 4.79 Å². The Labute approximate surface area is 195 Å². The van der Waals surface area contributed by atoms with Crippen LogP contribution in [0.4, 0.5) is 17.1 Å². The molecule has 1 amide bonds. The number of fused-ring (bicyclic) bond motifs is 1. The van der Waals surface area contributed by atoms with Gasteiger partial charge in [0.25, 0.3) is 0 Å². The van der Waals surface area contributed by atoms with E-state index in [1.165, 1.54) is 0 Å². The highest BCUT2D eigenvalue weighted by Crippen LogP contribution is 2.40. The van der Waals surface area contributed by atoms with Gasteiger partial charge in [-0.1, -0.05) is 18.2 Å². The molecule has 174 valence electrons. The van der Waals surface area contributed by atoms with Crippen LogP contribution >= 0.6 is 0 Å². The van der Waals surface area contributed by atoms with Crippen LogP contribution in [0.2, 0.25) is 0 Å². The Bertz CT molecular complexity index is 1040. The van der Waals surface area contributed by atoms with E-state index in [0.29, 0.717) is 12.3 Å². The normalized spacial score (nSPS) is 20.9. The Kier molecular flexibility index (Phi) is 6.33. The van der Waals surface area contributed by atoms with E-state index in [1.807, 2.05) is 19.1 Å². The van der Waals surface area contributed by atoms with E-state index in [2.05, 4.69) is 50.4 Å². The number of carbonyl (C=O) groups excluding carboxylic acids is 1. The van der Waals surface area contributed by atoms with Crippen LogP contribution in [0.1, 0.15) is 31.7 Å². The largest absolute Gasteiger partial charge is 0.383 e. The summed E-state index contributed by atoms with van der Waals surface area (Å²) in [6.45, 7) is 8.20. The van der Waals surface area contributed by atoms with Crippen molar-refractivity contribution in [1.29, 1.82) is 5.41 Å². The van der Waals surface area contributed by atoms with Crippen molar-refractivity contribution in [2.75, 3.05) is 55.2 Å². The molecule has 1 aliphatic carbocycles. The van der Waals surface area contributed by atoms with Crippen LogP contribution in [0, 0.1) is 11.3 Å². The number of benzene rings is 2. The lowest BCUT2D eigenvalue weighted by Crippen LogP contribution is -2.45. The van der Waals surface area contributed by atoms with Crippen molar-refractivity contribution in [3.8, 4) is 11.1 Å². The van der Waals surface area contributed by atoms with Gasteiger partial charge < -0.3 is 26.7 Å². The predicted octanol–water partition coefficient (Wildman–Crippen LogP) is 3.59. The van der Waals surface area contributed by atoms with E-state index in [-0.39, 0.29) is 11.9 Å². The predicted molar refractivity (Wildman–Crippen MR) is 136 cm³/mol. The smallest absolute Gasteiger partial charge is 0.226 e. The SMILES string of the molecule is CC1CC(=O)Nc2cccc(-c3ccc(NCCN4CCNCC4)c(C(=N)C4CC4)c3)c2N1. The summed E-state index contributed by atoms with van der Waals surface area (Å²) in [6.07, 6.45) is 2.66. The molecular formula is C26H34N6O. The second-order valence-electron chi connectivity index (χ2n) is 9.49. The Balaban J connectivity index is 1.42. The number of nitrogens with one attached hydrogen (secondary N) is 5. The second-order valence-corrected chi connectivity index (χ2v) is 9.49. The molecule has 2 aliphatic heterocycles. The number of nitrogens with zero attached hydrogens (tertiary/aromatic N) is 1. The number of carbonyl (C=O) groups is 1. The quantitative estimate of drug-likeness (QED) is 0.419. The molecule has 1 atom stereocenters. The lowest BCUT2D eigenvalue weighted by molar-refractivity contribution is -0.116. The maximum absolute atomic E-state index is 12.2. The summed E-state index contributed by atoms with van der Waals surface area (Å²) in [5, 5.41) is 22.4. The molecule has 2 aromatic rings. The molecule has 2 heterocycles. The number of piperazine rings is 1. The molecule has 5 N–H and O–H groups in total. The summed E-state index contributed by atoms with van der Waals surface area (Å²) >= 11 is 0. The Hall–Kier alpha value is -2.90. The average Bonchev–Trinajstić information content (AvgIpc) is 3.66. The zero-order chi connectivity index (χ0) is 22.8. The maximum atomic E-state index is 12.2. The highest BCUT2D eigenvalue weighted by molar-refractivity contribution is 6.07. The first-order valence-corrected chi connectivity index (χ1v) is 12.2. The lowest BCUT2D eigenvalue weighted by atomic mass is 9.95. The van der Waals surface area contributed by atoms with Crippen molar-refractivity contribution >= 4 is 28.7 Å².